The summed E-state index contributed by atoms with van der Waals surface area (Å²) >= 11 is 0. The van der Waals surface area contributed by atoms with E-state index in [0.717, 1.165) is 11.3 Å². The summed E-state index contributed by atoms with van der Waals surface area (Å²) in [4.78, 5) is 29.5. The fraction of sp³-hybridized carbons (Fsp3) is 0.286. The SMILES string of the molecule is CC(C)(C(=O)Nc1ccc(-c2cnccn2)cc1)c1ccnc(NS(=O)(=O)C2CC2)n1. The maximum atomic E-state index is 13.0. The van der Waals surface area contributed by atoms with Crippen LogP contribution in [0.4, 0.5) is 11.6 Å². The van der Waals surface area contributed by atoms with Crippen LogP contribution in [0.5, 0.6) is 0 Å². The summed E-state index contributed by atoms with van der Waals surface area (Å²) < 4.78 is 26.7. The summed E-state index contributed by atoms with van der Waals surface area (Å²) in [7, 11) is -3.48. The first-order valence-electron chi connectivity index (χ1n) is 9.79. The van der Waals surface area contributed by atoms with E-state index >= 15 is 0 Å². The first-order chi connectivity index (χ1) is 14.8. The molecule has 10 heteroatoms. The van der Waals surface area contributed by atoms with Gasteiger partial charge in [-0.05, 0) is 44.9 Å². The topological polar surface area (TPSA) is 127 Å². The lowest BCUT2D eigenvalue weighted by molar-refractivity contribution is -0.120. The van der Waals surface area contributed by atoms with Crippen LogP contribution in [0.15, 0.2) is 55.1 Å². The number of sulfonamides is 1. The largest absolute Gasteiger partial charge is 0.325 e. The molecule has 3 aromatic rings. The monoisotopic (exact) mass is 438 g/mol. The molecule has 0 aliphatic heterocycles. The number of rotatable bonds is 7. The average molecular weight is 439 g/mol. The zero-order valence-electron chi connectivity index (χ0n) is 17.1. The second-order valence-electron chi connectivity index (χ2n) is 7.86. The van der Waals surface area contributed by atoms with Crippen LogP contribution in [0.2, 0.25) is 0 Å². The van der Waals surface area contributed by atoms with Gasteiger partial charge in [0.25, 0.3) is 0 Å². The molecule has 0 bridgehead atoms. The Morgan fingerprint density at radius 2 is 1.77 bits per heavy atom. The Kier molecular flexibility index (Phi) is 5.40. The first-order valence-corrected chi connectivity index (χ1v) is 11.3. The Balaban J connectivity index is 1.48. The van der Waals surface area contributed by atoms with Crippen LogP contribution >= 0.6 is 0 Å². The standard InChI is InChI=1S/C21H22N6O3S/c1-21(2,18-9-10-24-20(26-18)27-31(29,30)16-7-8-16)19(28)25-15-5-3-14(4-6-15)17-13-22-11-12-23-17/h3-6,9-13,16H,7-8H2,1-2H3,(H,25,28)(H,24,26,27). The highest BCUT2D eigenvalue weighted by molar-refractivity contribution is 7.93. The summed E-state index contributed by atoms with van der Waals surface area (Å²) in [5.41, 5.74) is 1.63. The van der Waals surface area contributed by atoms with Crippen molar-refractivity contribution in [3.05, 3.63) is 60.8 Å². The van der Waals surface area contributed by atoms with Crippen molar-refractivity contribution in [3.63, 3.8) is 0 Å². The third-order valence-electron chi connectivity index (χ3n) is 5.06. The van der Waals surface area contributed by atoms with Crippen LogP contribution in [0, 0.1) is 0 Å². The number of amides is 1. The molecule has 160 valence electrons. The molecular weight excluding hydrogens is 416 g/mol. The smallest absolute Gasteiger partial charge is 0.237 e. The predicted octanol–water partition coefficient (Wildman–Crippen LogP) is 2.75. The predicted molar refractivity (Wildman–Crippen MR) is 117 cm³/mol. The summed E-state index contributed by atoms with van der Waals surface area (Å²) in [6.07, 6.45) is 7.61. The van der Waals surface area contributed by atoms with Gasteiger partial charge >= 0.3 is 0 Å². The maximum absolute atomic E-state index is 13.0. The van der Waals surface area contributed by atoms with E-state index in [2.05, 4.69) is 30.0 Å². The summed E-state index contributed by atoms with van der Waals surface area (Å²) in [6, 6.07) is 8.87. The van der Waals surface area contributed by atoms with Crippen LogP contribution in [0.1, 0.15) is 32.4 Å². The quantitative estimate of drug-likeness (QED) is 0.581. The fourth-order valence-corrected chi connectivity index (χ4v) is 4.20. The number of aromatic nitrogens is 4. The molecule has 0 unspecified atom stereocenters. The molecular formula is C21H22N6O3S. The number of carbonyl (C=O) groups is 1. The van der Waals surface area contributed by atoms with E-state index < -0.39 is 15.4 Å². The molecule has 2 N–H and O–H groups in total. The Labute approximate surface area is 180 Å². The Morgan fingerprint density at radius 1 is 1.03 bits per heavy atom. The molecule has 2 aromatic heterocycles. The average Bonchev–Trinajstić information content (AvgIpc) is 3.61. The zero-order chi connectivity index (χ0) is 22.1. The highest BCUT2D eigenvalue weighted by Gasteiger charge is 2.37. The third-order valence-corrected chi connectivity index (χ3v) is 6.88. The fourth-order valence-electron chi connectivity index (χ4n) is 2.92. The molecule has 0 spiro atoms. The van der Waals surface area contributed by atoms with Crippen molar-refractivity contribution in [2.45, 2.75) is 37.4 Å². The lowest BCUT2D eigenvalue weighted by atomic mass is 9.88. The van der Waals surface area contributed by atoms with Gasteiger partial charge in [0.05, 0.1) is 28.2 Å². The Hall–Kier alpha value is -3.40. The number of nitrogens with one attached hydrogen (secondary N) is 2. The van der Waals surface area contributed by atoms with Crippen molar-refractivity contribution in [1.82, 2.24) is 19.9 Å². The summed E-state index contributed by atoms with van der Waals surface area (Å²) in [5.74, 6) is -0.312. The molecule has 31 heavy (non-hydrogen) atoms. The van der Waals surface area contributed by atoms with Crippen LogP contribution < -0.4 is 10.0 Å². The van der Waals surface area contributed by atoms with Crippen LogP contribution in [0.3, 0.4) is 0 Å². The van der Waals surface area contributed by atoms with E-state index in [4.69, 9.17) is 0 Å². The van der Waals surface area contributed by atoms with Gasteiger partial charge in [-0.25, -0.2) is 18.4 Å². The van der Waals surface area contributed by atoms with Gasteiger partial charge in [0, 0.05) is 29.8 Å². The Morgan fingerprint density at radius 3 is 2.42 bits per heavy atom. The second-order valence-corrected chi connectivity index (χ2v) is 9.82. The number of benzene rings is 1. The van der Waals surface area contributed by atoms with E-state index in [1.54, 1.807) is 50.6 Å². The molecule has 1 fully saturated rings. The first kappa shape index (κ1) is 20.9. The van der Waals surface area contributed by atoms with Crippen molar-refractivity contribution in [2.24, 2.45) is 0 Å². The van der Waals surface area contributed by atoms with Crippen LogP contribution in [-0.4, -0.2) is 39.5 Å². The number of carbonyl (C=O) groups excluding carboxylic acids is 1. The molecule has 4 rings (SSSR count). The van der Waals surface area contributed by atoms with E-state index in [0.29, 0.717) is 24.2 Å². The van der Waals surface area contributed by atoms with Gasteiger partial charge in [-0.2, -0.15) is 0 Å². The Bertz CT molecular complexity index is 1190. The highest BCUT2D eigenvalue weighted by Crippen LogP contribution is 2.30. The van der Waals surface area contributed by atoms with Crippen molar-refractivity contribution in [3.8, 4) is 11.3 Å². The number of anilines is 2. The molecule has 1 amide bonds. The van der Waals surface area contributed by atoms with Gasteiger partial charge < -0.3 is 5.32 Å². The summed E-state index contributed by atoms with van der Waals surface area (Å²) in [5, 5.41) is 2.49. The molecule has 0 radical (unpaired) electrons. The van der Waals surface area contributed by atoms with E-state index in [1.807, 2.05) is 12.1 Å². The van der Waals surface area contributed by atoms with Crippen molar-refractivity contribution in [2.75, 3.05) is 10.0 Å². The second kappa shape index (κ2) is 8.03. The van der Waals surface area contributed by atoms with E-state index in [1.165, 1.54) is 6.20 Å². The molecule has 9 nitrogen and oxygen atoms in total. The molecule has 0 saturated heterocycles. The number of hydrogen-bond donors (Lipinski definition) is 2. The maximum Gasteiger partial charge on any atom is 0.237 e. The van der Waals surface area contributed by atoms with Gasteiger partial charge in [-0.1, -0.05) is 12.1 Å². The molecule has 2 heterocycles. The number of hydrogen-bond acceptors (Lipinski definition) is 7. The van der Waals surface area contributed by atoms with Gasteiger partial charge in [0.1, 0.15) is 0 Å². The molecule has 1 aliphatic rings. The lowest BCUT2D eigenvalue weighted by Gasteiger charge is -2.23. The van der Waals surface area contributed by atoms with Gasteiger partial charge in [0.2, 0.25) is 21.9 Å². The number of nitrogens with zero attached hydrogens (tertiary/aromatic N) is 4. The minimum absolute atomic E-state index is 0.0291. The summed E-state index contributed by atoms with van der Waals surface area (Å²) in [6.45, 7) is 3.44. The van der Waals surface area contributed by atoms with Crippen LogP contribution in [-0.2, 0) is 20.2 Å². The lowest BCUT2D eigenvalue weighted by Crippen LogP contribution is -2.36. The molecule has 1 aromatic carbocycles. The zero-order valence-corrected chi connectivity index (χ0v) is 17.9. The molecule has 1 aliphatic carbocycles. The minimum Gasteiger partial charge on any atom is -0.325 e. The van der Waals surface area contributed by atoms with Crippen molar-refractivity contribution in [1.29, 1.82) is 0 Å². The van der Waals surface area contributed by atoms with Gasteiger partial charge in [-0.3, -0.25) is 19.5 Å². The van der Waals surface area contributed by atoms with Crippen molar-refractivity contribution < 1.29 is 13.2 Å². The van der Waals surface area contributed by atoms with Gasteiger partial charge in [0.15, 0.2) is 0 Å². The third kappa shape index (κ3) is 4.69. The van der Waals surface area contributed by atoms with E-state index in [-0.39, 0.29) is 17.1 Å². The minimum atomic E-state index is -3.48. The van der Waals surface area contributed by atoms with E-state index in [9.17, 15) is 13.2 Å². The van der Waals surface area contributed by atoms with Crippen molar-refractivity contribution >= 4 is 27.6 Å². The highest BCUT2D eigenvalue weighted by atomic mass is 32.2. The normalized spacial score (nSPS) is 14.1. The molecule has 1 saturated carbocycles. The molecule has 0 atom stereocenters. The van der Waals surface area contributed by atoms with Gasteiger partial charge in [-0.15, -0.1) is 0 Å². The van der Waals surface area contributed by atoms with Crippen LogP contribution in [0.25, 0.3) is 11.3 Å².